The minimum absolute atomic E-state index is 0.129. The molecule has 7 nitrogen and oxygen atoms in total. The van der Waals surface area contributed by atoms with E-state index in [1.807, 2.05) is 42.9 Å². The summed E-state index contributed by atoms with van der Waals surface area (Å²) in [5, 5.41) is 19.0. The Morgan fingerprint density at radius 3 is 2.68 bits per heavy atom. The van der Waals surface area contributed by atoms with Gasteiger partial charge in [-0.25, -0.2) is 14.5 Å². The van der Waals surface area contributed by atoms with Crippen molar-refractivity contribution >= 4 is 38.9 Å². The predicted molar refractivity (Wildman–Crippen MR) is 135 cm³/mol. The van der Waals surface area contributed by atoms with Crippen molar-refractivity contribution in [1.82, 2.24) is 14.8 Å². The summed E-state index contributed by atoms with van der Waals surface area (Å²) in [5.74, 6) is -0.256. The number of hydrogen-bond acceptors (Lipinski definition) is 6. The number of nitrogens with zero attached hydrogens (tertiary/aromatic N) is 3. The lowest BCUT2D eigenvalue weighted by molar-refractivity contribution is 0.0690. The van der Waals surface area contributed by atoms with Crippen LogP contribution in [0.1, 0.15) is 21.6 Å². The Bertz CT molecular complexity index is 1500. The van der Waals surface area contributed by atoms with Gasteiger partial charge >= 0.3 is 5.97 Å². The largest absolute Gasteiger partial charge is 0.481 e. The van der Waals surface area contributed by atoms with Crippen LogP contribution in [0, 0.1) is 13.8 Å². The summed E-state index contributed by atoms with van der Waals surface area (Å²) >= 11 is 1.66. The standard InChI is InChI=1S/C26H22N4O3S/c1-15-8-9-16(2)20(12-15)30-25(28-19-10-11-23(33-3)29-24(19)26(31)32)18(14-27-30)22-13-17-6-4-5-7-21(17)34-22/h4-14,28H,1-3H3,(H,31,32). The van der Waals surface area contributed by atoms with Crippen LogP contribution >= 0.6 is 11.3 Å². The zero-order valence-electron chi connectivity index (χ0n) is 18.9. The van der Waals surface area contributed by atoms with E-state index in [9.17, 15) is 9.90 Å². The molecule has 0 saturated carbocycles. The van der Waals surface area contributed by atoms with Gasteiger partial charge in [-0.3, -0.25) is 0 Å². The SMILES string of the molecule is COc1ccc(Nc2c(-c3cc4ccccc4s3)cnn2-c2cc(C)ccc2C)c(C(=O)O)n1. The average Bonchev–Trinajstić information content (AvgIpc) is 3.44. The molecule has 8 heteroatoms. The topological polar surface area (TPSA) is 89.3 Å². The number of hydrogen-bond donors (Lipinski definition) is 2. The van der Waals surface area contributed by atoms with Crippen molar-refractivity contribution in [3.8, 4) is 22.0 Å². The Kier molecular flexibility index (Phi) is 5.51. The van der Waals surface area contributed by atoms with Gasteiger partial charge in [-0.1, -0.05) is 30.3 Å². The summed E-state index contributed by atoms with van der Waals surface area (Å²) in [7, 11) is 1.45. The quantitative estimate of drug-likeness (QED) is 0.306. The van der Waals surface area contributed by atoms with Gasteiger partial charge < -0.3 is 15.2 Å². The molecule has 0 spiro atoms. The zero-order valence-corrected chi connectivity index (χ0v) is 19.7. The van der Waals surface area contributed by atoms with Crippen molar-refractivity contribution in [3.05, 3.63) is 83.7 Å². The van der Waals surface area contributed by atoms with Crippen LogP contribution in [-0.2, 0) is 0 Å². The Labute approximate surface area is 200 Å². The second kappa shape index (κ2) is 8.64. The number of aromatic carboxylic acids is 1. The number of benzene rings is 2. The van der Waals surface area contributed by atoms with E-state index < -0.39 is 5.97 Å². The number of nitrogens with one attached hydrogen (secondary N) is 1. The first-order valence-electron chi connectivity index (χ1n) is 10.6. The second-order valence-electron chi connectivity index (χ2n) is 7.94. The monoisotopic (exact) mass is 470 g/mol. The minimum Gasteiger partial charge on any atom is -0.481 e. The maximum atomic E-state index is 12.0. The Hall–Kier alpha value is -4.17. The van der Waals surface area contributed by atoms with Gasteiger partial charge in [0.2, 0.25) is 5.88 Å². The molecule has 0 aliphatic carbocycles. The van der Waals surface area contributed by atoms with Crippen LogP contribution in [0.4, 0.5) is 11.5 Å². The molecule has 0 fully saturated rings. The van der Waals surface area contributed by atoms with Crippen LogP contribution in [0.5, 0.6) is 5.88 Å². The average molecular weight is 471 g/mol. The molecule has 0 bridgehead atoms. The fourth-order valence-electron chi connectivity index (χ4n) is 3.84. The van der Waals surface area contributed by atoms with Crippen molar-refractivity contribution in [1.29, 1.82) is 0 Å². The number of carboxylic acids is 1. The van der Waals surface area contributed by atoms with Crippen molar-refractivity contribution in [3.63, 3.8) is 0 Å². The molecule has 2 N–H and O–H groups in total. The van der Waals surface area contributed by atoms with Gasteiger partial charge in [-0.2, -0.15) is 5.10 Å². The van der Waals surface area contributed by atoms with Crippen molar-refractivity contribution in [2.75, 3.05) is 12.4 Å². The number of fused-ring (bicyclic) bond motifs is 1. The van der Waals surface area contributed by atoms with E-state index in [1.54, 1.807) is 23.5 Å². The molecular weight excluding hydrogens is 448 g/mol. The molecule has 5 rings (SSSR count). The van der Waals surface area contributed by atoms with E-state index >= 15 is 0 Å². The first-order valence-corrected chi connectivity index (χ1v) is 11.5. The van der Waals surface area contributed by atoms with Crippen molar-refractivity contribution in [2.24, 2.45) is 0 Å². The number of thiophene rings is 1. The van der Waals surface area contributed by atoms with Crippen LogP contribution in [0.15, 0.2) is 66.9 Å². The molecule has 2 aromatic carbocycles. The highest BCUT2D eigenvalue weighted by Crippen LogP contribution is 2.40. The van der Waals surface area contributed by atoms with E-state index in [2.05, 4.69) is 40.6 Å². The van der Waals surface area contributed by atoms with Gasteiger partial charge in [0.1, 0.15) is 5.82 Å². The Balaban J connectivity index is 1.71. The minimum atomic E-state index is -1.15. The van der Waals surface area contributed by atoms with Crippen molar-refractivity contribution < 1.29 is 14.6 Å². The van der Waals surface area contributed by atoms with Gasteiger partial charge in [-0.15, -0.1) is 11.3 Å². The fraction of sp³-hybridized carbons (Fsp3) is 0.115. The molecule has 0 aliphatic heterocycles. The fourth-order valence-corrected chi connectivity index (χ4v) is 4.91. The molecule has 5 aromatic rings. The number of pyridine rings is 1. The van der Waals surface area contributed by atoms with Crippen LogP contribution in [0.2, 0.25) is 0 Å². The maximum Gasteiger partial charge on any atom is 0.356 e. The summed E-state index contributed by atoms with van der Waals surface area (Å²) in [6.07, 6.45) is 1.81. The van der Waals surface area contributed by atoms with Crippen LogP contribution in [0.25, 0.3) is 26.2 Å². The molecule has 170 valence electrons. The third kappa shape index (κ3) is 3.88. The molecule has 0 unspecified atom stereocenters. The third-order valence-electron chi connectivity index (χ3n) is 5.59. The molecule has 0 amide bonds. The van der Waals surface area contributed by atoms with E-state index in [1.165, 1.54) is 11.8 Å². The molecule has 0 aliphatic rings. The zero-order chi connectivity index (χ0) is 23.8. The van der Waals surface area contributed by atoms with E-state index in [0.717, 1.165) is 32.6 Å². The number of ether oxygens (including phenoxy) is 1. The van der Waals surface area contributed by atoms with Crippen molar-refractivity contribution in [2.45, 2.75) is 13.8 Å². The number of carboxylic acid groups (broad SMARTS) is 1. The van der Waals surface area contributed by atoms with Gasteiger partial charge in [-0.05, 0) is 54.6 Å². The van der Waals surface area contributed by atoms with Gasteiger partial charge in [0.15, 0.2) is 5.69 Å². The Morgan fingerprint density at radius 2 is 1.91 bits per heavy atom. The lowest BCUT2D eigenvalue weighted by Gasteiger charge is -2.15. The highest BCUT2D eigenvalue weighted by atomic mass is 32.1. The number of anilines is 2. The highest BCUT2D eigenvalue weighted by Gasteiger charge is 2.21. The van der Waals surface area contributed by atoms with E-state index in [0.29, 0.717) is 11.5 Å². The lowest BCUT2D eigenvalue weighted by atomic mass is 10.1. The van der Waals surface area contributed by atoms with E-state index in [4.69, 9.17) is 9.84 Å². The van der Waals surface area contributed by atoms with Crippen LogP contribution in [0.3, 0.4) is 0 Å². The second-order valence-corrected chi connectivity index (χ2v) is 9.02. The molecule has 3 heterocycles. The molecule has 34 heavy (non-hydrogen) atoms. The third-order valence-corrected chi connectivity index (χ3v) is 6.74. The summed E-state index contributed by atoms with van der Waals surface area (Å²) in [6, 6.07) is 19.8. The molecular formula is C26H22N4O3S. The molecule has 0 atom stereocenters. The number of rotatable bonds is 6. The number of aromatic nitrogens is 3. The van der Waals surface area contributed by atoms with Gasteiger partial charge in [0.25, 0.3) is 0 Å². The lowest BCUT2D eigenvalue weighted by Crippen LogP contribution is -2.10. The summed E-state index contributed by atoms with van der Waals surface area (Å²) < 4.78 is 8.11. The van der Waals surface area contributed by atoms with Crippen LogP contribution < -0.4 is 10.1 Å². The first kappa shape index (κ1) is 21.7. The number of carbonyl (C=O) groups is 1. The van der Waals surface area contributed by atoms with Gasteiger partial charge in [0.05, 0.1) is 30.2 Å². The summed E-state index contributed by atoms with van der Waals surface area (Å²) in [5.41, 5.74) is 4.15. The molecule has 3 aromatic heterocycles. The number of methoxy groups -OCH3 is 1. The first-order chi connectivity index (χ1) is 16.4. The smallest absolute Gasteiger partial charge is 0.356 e. The summed E-state index contributed by atoms with van der Waals surface area (Å²) in [6.45, 7) is 4.05. The summed E-state index contributed by atoms with van der Waals surface area (Å²) in [4.78, 5) is 17.1. The molecule has 0 radical (unpaired) electrons. The predicted octanol–water partition coefficient (Wildman–Crippen LogP) is 6.22. The van der Waals surface area contributed by atoms with Crippen LogP contribution in [-0.4, -0.2) is 33.0 Å². The molecule has 0 saturated heterocycles. The normalized spacial score (nSPS) is 11.0. The van der Waals surface area contributed by atoms with Gasteiger partial charge in [0, 0.05) is 15.6 Å². The van der Waals surface area contributed by atoms with E-state index in [-0.39, 0.29) is 11.6 Å². The maximum absolute atomic E-state index is 12.0. The Morgan fingerprint density at radius 1 is 1.09 bits per heavy atom. The highest BCUT2D eigenvalue weighted by molar-refractivity contribution is 7.22. The number of aryl methyl sites for hydroxylation is 2.